The molecule has 0 aliphatic carbocycles. The van der Waals surface area contributed by atoms with Crippen LogP contribution in [0.1, 0.15) is 17.0 Å². The lowest BCUT2D eigenvalue weighted by Gasteiger charge is -1.99. The summed E-state index contributed by atoms with van der Waals surface area (Å²) >= 11 is 0. The summed E-state index contributed by atoms with van der Waals surface area (Å²) in [5.74, 6) is 0.747. The number of rotatable bonds is 1. The van der Waals surface area contributed by atoms with Crippen LogP contribution in [0.25, 0.3) is 5.82 Å². The van der Waals surface area contributed by atoms with E-state index in [0.717, 1.165) is 30.3 Å². The second kappa shape index (κ2) is 2.68. The molecule has 0 amide bonds. The molecule has 0 atom stereocenters. The van der Waals surface area contributed by atoms with Crippen molar-refractivity contribution in [2.45, 2.75) is 20.0 Å². The lowest BCUT2D eigenvalue weighted by Crippen LogP contribution is -2.07. The zero-order valence-electron chi connectivity index (χ0n) is 7.82. The first kappa shape index (κ1) is 7.75. The molecule has 2 aromatic heterocycles. The minimum absolute atomic E-state index is 0.747. The van der Waals surface area contributed by atoms with Gasteiger partial charge in [-0.05, 0) is 6.92 Å². The van der Waals surface area contributed by atoms with Gasteiger partial charge in [-0.25, -0.2) is 4.68 Å². The molecule has 2 aromatic rings. The van der Waals surface area contributed by atoms with Crippen LogP contribution in [0.2, 0.25) is 0 Å². The van der Waals surface area contributed by atoms with Gasteiger partial charge >= 0.3 is 0 Å². The maximum atomic E-state index is 4.80. The largest absolute Gasteiger partial charge is 0.363 e. The van der Waals surface area contributed by atoms with Gasteiger partial charge in [0.1, 0.15) is 6.26 Å². The van der Waals surface area contributed by atoms with Gasteiger partial charge in [0.05, 0.1) is 5.69 Å². The number of nitrogens with zero attached hydrogens (tertiary/aromatic N) is 3. The van der Waals surface area contributed by atoms with Crippen molar-refractivity contribution in [2.24, 2.45) is 0 Å². The first-order chi connectivity index (χ1) is 6.86. The first-order valence-electron chi connectivity index (χ1n) is 4.55. The Morgan fingerprint density at radius 1 is 1.50 bits per heavy atom. The number of aromatic nitrogens is 3. The van der Waals surface area contributed by atoms with E-state index in [4.69, 9.17) is 4.52 Å². The van der Waals surface area contributed by atoms with Crippen molar-refractivity contribution in [1.29, 1.82) is 0 Å². The molecule has 0 aromatic carbocycles. The average Bonchev–Trinajstić information content (AvgIpc) is 2.84. The van der Waals surface area contributed by atoms with Gasteiger partial charge in [-0.3, -0.25) is 0 Å². The molecular weight excluding hydrogens is 180 g/mol. The summed E-state index contributed by atoms with van der Waals surface area (Å²) < 4.78 is 6.63. The molecule has 0 saturated heterocycles. The van der Waals surface area contributed by atoms with Crippen LogP contribution in [0.3, 0.4) is 0 Å². The third-order valence-corrected chi connectivity index (χ3v) is 2.56. The Morgan fingerprint density at radius 2 is 2.43 bits per heavy atom. The molecule has 1 aliphatic heterocycles. The van der Waals surface area contributed by atoms with Crippen LogP contribution in [0, 0.1) is 6.92 Å². The van der Waals surface area contributed by atoms with Gasteiger partial charge in [0, 0.05) is 30.4 Å². The van der Waals surface area contributed by atoms with Crippen LogP contribution in [0.5, 0.6) is 0 Å². The van der Waals surface area contributed by atoms with E-state index < -0.39 is 0 Å². The van der Waals surface area contributed by atoms with Crippen molar-refractivity contribution in [1.82, 2.24) is 20.3 Å². The fraction of sp³-hybridized carbons (Fsp3) is 0.333. The second-order valence-electron chi connectivity index (χ2n) is 3.38. The van der Waals surface area contributed by atoms with Gasteiger partial charge in [-0.15, -0.1) is 0 Å². The molecule has 0 fully saturated rings. The van der Waals surface area contributed by atoms with E-state index in [0.29, 0.717) is 0 Å². The molecule has 0 spiro atoms. The highest BCUT2D eigenvalue weighted by Crippen LogP contribution is 2.20. The Labute approximate surface area is 80.7 Å². The standard InChI is InChI=1S/C9H10N4O/c1-6-7-4-10-5-8(7)11-13(6)9-2-3-14-12-9/h2-3,10H,4-5H2,1H3. The Hall–Kier alpha value is -1.62. The average molecular weight is 190 g/mol. The Kier molecular flexibility index (Phi) is 1.49. The summed E-state index contributed by atoms with van der Waals surface area (Å²) in [6.45, 7) is 3.80. The van der Waals surface area contributed by atoms with Crippen LogP contribution < -0.4 is 5.32 Å². The third-order valence-electron chi connectivity index (χ3n) is 2.56. The van der Waals surface area contributed by atoms with Crippen molar-refractivity contribution in [3.63, 3.8) is 0 Å². The van der Waals surface area contributed by atoms with E-state index in [1.165, 1.54) is 5.56 Å². The number of hydrogen-bond acceptors (Lipinski definition) is 4. The van der Waals surface area contributed by atoms with E-state index in [1.54, 1.807) is 6.26 Å². The maximum Gasteiger partial charge on any atom is 0.196 e. The third kappa shape index (κ3) is 0.927. The summed E-state index contributed by atoms with van der Waals surface area (Å²) in [6, 6.07) is 1.81. The number of nitrogens with one attached hydrogen (secondary N) is 1. The molecule has 0 bridgehead atoms. The predicted octanol–water partition coefficient (Wildman–Crippen LogP) is 0.772. The lowest BCUT2D eigenvalue weighted by atomic mass is 10.2. The molecule has 0 saturated carbocycles. The highest BCUT2D eigenvalue weighted by molar-refractivity contribution is 5.33. The molecule has 1 aliphatic rings. The predicted molar refractivity (Wildman–Crippen MR) is 48.9 cm³/mol. The van der Waals surface area contributed by atoms with E-state index in [2.05, 4.69) is 15.6 Å². The minimum atomic E-state index is 0.747. The Bertz CT molecular complexity index is 457. The van der Waals surface area contributed by atoms with Gasteiger partial charge in [-0.2, -0.15) is 5.10 Å². The monoisotopic (exact) mass is 190 g/mol. The van der Waals surface area contributed by atoms with Crippen molar-refractivity contribution >= 4 is 0 Å². The van der Waals surface area contributed by atoms with Crippen LogP contribution >= 0.6 is 0 Å². The van der Waals surface area contributed by atoms with Crippen molar-refractivity contribution < 1.29 is 4.52 Å². The van der Waals surface area contributed by atoms with Gasteiger partial charge in [-0.1, -0.05) is 5.16 Å². The Balaban J connectivity index is 2.17. The molecule has 0 radical (unpaired) electrons. The van der Waals surface area contributed by atoms with Gasteiger partial charge in [0.25, 0.3) is 0 Å². The van der Waals surface area contributed by atoms with E-state index in [1.807, 2.05) is 17.7 Å². The summed E-state index contributed by atoms with van der Waals surface area (Å²) in [5, 5.41) is 11.6. The quantitative estimate of drug-likeness (QED) is 0.721. The van der Waals surface area contributed by atoms with Crippen LogP contribution in [0.15, 0.2) is 16.9 Å². The van der Waals surface area contributed by atoms with Crippen LogP contribution in [0.4, 0.5) is 0 Å². The maximum absolute atomic E-state index is 4.80. The molecule has 5 nitrogen and oxygen atoms in total. The molecule has 0 unspecified atom stereocenters. The normalized spacial score (nSPS) is 14.6. The molecule has 72 valence electrons. The van der Waals surface area contributed by atoms with Crippen LogP contribution in [-0.2, 0) is 13.1 Å². The number of hydrogen-bond donors (Lipinski definition) is 1. The zero-order chi connectivity index (χ0) is 9.54. The topological polar surface area (TPSA) is 55.9 Å². The van der Waals surface area contributed by atoms with E-state index >= 15 is 0 Å². The highest BCUT2D eigenvalue weighted by atomic mass is 16.5. The van der Waals surface area contributed by atoms with Crippen molar-refractivity contribution in [2.75, 3.05) is 0 Å². The van der Waals surface area contributed by atoms with Crippen molar-refractivity contribution in [3.05, 3.63) is 29.3 Å². The summed E-state index contributed by atoms with van der Waals surface area (Å²) in [4.78, 5) is 0. The fourth-order valence-corrected chi connectivity index (χ4v) is 1.81. The molecule has 1 N–H and O–H groups in total. The summed E-state index contributed by atoms with van der Waals surface area (Å²) in [6.07, 6.45) is 1.56. The smallest absolute Gasteiger partial charge is 0.196 e. The first-order valence-corrected chi connectivity index (χ1v) is 4.55. The SMILES string of the molecule is Cc1c2c(nn1-c1ccon1)CNC2. The highest BCUT2D eigenvalue weighted by Gasteiger charge is 2.20. The van der Waals surface area contributed by atoms with E-state index in [-0.39, 0.29) is 0 Å². The molecular formula is C9H10N4O. The lowest BCUT2D eigenvalue weighted by molar-refractivity contribution is 0.414. The fourth-order valence-electron chi connectivity index (χ4n) is 1.81. The molecule has 5 heteroatoms. The molecule has 3 rings (SSSR count). The Morgan fingerprint density at radius 3 is 3.14 bits per heavy atom. The summed E-state index contributed by atoms with van der Waals surface area (Å²) in [5.41, 5.74) is 3.54. The van der Waals surface area contributed by atoms with E-state index in [9.17, 15) is 0 Å². The van der Waals surface area contributed by atoms with Gasteiger partial charge in [0.15, 0.2) is 5.82 Å². The molecule has 14 heavy (non-hydrogen) atoms. The molecule has 3 heterocycles. The minimum Gasteiger partial charge on any atom is -0.363 e. The van der Waals surface area contributed by atoms with Gasteiger partial charge in [0.2, 0.25) is 0 Å². The summed E-state index contributed by atoms with van der Waals surface area (Å²) in [7, 11) is 0. The van der Waals surface area contributed by atoms with Crippen LogP contribution in [-0.4, -0.2) is 14.9 Å². The van der Waals surface area contributed by atoms with Crippen molar-refractivity contribution in [3.8, 4) is 5.82 Å². The van der Waals surface area contributed by atoms with Gasteiger partial charge < -0.3 is 9.84 Å². The second-order valence-corrected chi connectivity index (χ2v) is 3.38. The zero-order valence-corrected chi connectivity index (χ0v) is 7.82. The number of fused-ring (bicyclic) bond motifs is 1.